The Balaban J connectivity index is 0.000000399. The first kappa shape index (κ1) is 15.5. The van der Waals surface area contributed by atoms with Gasteiger partial charge in [0.15, 0.2) is 0 Å². The van der Waals surface area contributed by atoms with Crippen molar-refractivity contribution in [3.8, 4) is 0 Å². The van der Waals surface area contributed by atoms with Gasteiger partial charge in [-0.05, 0) is 36.9 Å². The van der Waals surface area contributed by atoms with Gasteiger partial charge in [0.25, 0.3) is 0 Å². The van der Waals surface area contributed by atoms with E-state index in [4.69, 9.17) is 5.11 Å². The van der Waals surface area contributed by atoms with Crippen LogP contribution in [0.2, 0.25) is 0 Å². The molecule has 1 amide bonds. The Hall–Kier alpha value is -1.53. The number of carbonyl (C=O) groups excluding carboxylic acids is 1. The van der Waals surface area contributed by atoms with E-state index >= 15 is 0 Å². The lowest BCUT2D eigenvalue weighted by atomic mass is 10.2. The highest BCUT2D eigenvalue weighted by atomic mass is 32.2. The van der Waals surface area contributed by atoms with Gasteiger partial charge < -0.3 is 10.8 Å². The third kappa shape index (κ3) is 5.76. The number of hydrogen-bond donors (Lipinski definition) is 2. The molecule has 0 spiro atoms. The van der Waals surface area contributed by atoms with Crippen LogP contribution in [0.5, 0.6) is 0 Å². The Labute approximate surface area is 116 Å². The maximum absolute atomic E-state index is 10.9. The highest BCUT2D eigenvalue weighted by Crippen LogP contribution is 2.30. The van der Waals surface area contributed by atoms with Crippen LogP contribution < -0.4 is 5.73 Å². The van der Waals surface area contributed by atoms with E-state index in [-0.39, 0.29) is 11.9 Å². The predicted octanol–water partition coefficient (Wildman–Crippen LogP) is 1.73. The van der Waals surface area contributed by atoms with Crippen LogP contribution in [0.3, 0.4) is 0 Å². The number of nitrogens with two attached hydrogens (primary N) is 1. The third-order valence-electron chi connectivity index (χ3n) is 2.45. The number of aliphatic carboxylic acids is 1. The summed E-state index contributed by atoms with van der Waals surface area (Å²) in [6.45, 7) is 2.16. The van der Waals surface area contributed by atoms with E-state index in [1.807, 2.05) is 34.6 Å². The Kier molecular flexibility index (Phi) is 6.38. The molecule has 0 aliphatic carbocycles. The average Bonchev–Trinajstić information content (AvgIpc) is 2.78. The van der Waals surface area contributed by atoms with E-state index in [1.54, 1.807) is 11.9 Å². The first-order valence-electron chi connectivity index (χ1n) is 5.99. The monoisotopic (exact) mass is 282 g/mol. The topological polar surface area (TPSA) is 83.6 Å². The van der Waals surface area contributed by atoms with Crippen molar-refractivity contribution in [2.75, 3.05) is 6.54 Å². The smallest absolute Gasteiger partial charge is 0.321 e. The number of carboxylic acids is 1. The molecule has 3 N–H and O–H groups in total. The predicted molar refractivity (Wildman–Crippen MR) is 74.5 cm³/mol. The maximum Gasteiger partial charge on any atom is 0.321 e. The molecule has 1 heterocycles. The van der Waals surface area contributed by atoms with E-state index in [0.29, 0.717) is 0 Å². The van der Waals surface area contributed by atoms with Crippen molar-refractivity contribution in [3.05, 3.63) is 30.3 Å². The molecule has 1 atom stereocenters. The Morgan fingerprint density at radius 2 is 1.95 bits per heavy atom. The second-order valence-electron chi connectivity index (χ2n) is 4.15. The van der Waals surface area contributed by atoms with Crippen molar-refractivity contribution >= 4 is 23.8 Å². The maximum atomic E-state index is 10.9. The molecule has 0 aromatic heterocycles. The van der Waals surface area contributed by atoms with Crippen LogP contribution in [0.25, 0.3) is 0 Å². The summed E-state index contributed by atoms with van der Waals surface area (Å²) in [6, 6.07) is 9.57. The number of nitrogens with zero attached hydrogens (tertiary/aromatic N) is 1. The number of primary amides is 1. The van der Waals surface area contributed by atoms with Gasteiger partial charge in [-0.1, -0.05) is 18.2 Å². The summed E-state index contributed by atoms with van der Waals surface area (Å²) in [5.41, 5.74) is 4.47. The lowest BCUT2D eigenvalue weighted by molar-refractivity contribution is -0.140. The van der Waals surface area contributed by atoms with E-state index in [2.05, 4.69) is 5.73 Å². The second-order valence-corrected chi connectivity index (χ2v) is 5.27. The fourth-order valence-electron chi connectivity index (χ4n) is 1.71. The van der Waals surface area contributed by atoms with Crippen molar-refractivity contribution in [3.63, 3.8) is 0 Å². The summed E-state index contributed by atoms with van der Waals surface area (Å²) in [4.78, 5) is 21.3. The quantitative estimate of drug-likeness (QED) is 0.825. The van der Waals surface area contributed by atoms with Gasteiger partial charge in [-0.25, -0.2) is 4.31 Å². The van der Waals surface area contributed by atoms with E-state index in [9.17, 15) is 9.59 Å². The van der Waals surface area contributed by atoms with Crippen LogP contribution in [-0.2, 0) is 9.59 Å². The standard InChI is InChI=1S/C11H13NO2S.C2H5NO/c13-11(14)10-7-4-8-12(10)15-9-5-2-1-3-6-9;1-2(3)4/h1-3,5-6,10H,4,7-8H2,(H,13,14);1H3,(H2,3,4). The van der Waals surface area contributed by atoms with Gasteiger partial charge in [-0.2, -0.15) is 0 Å². The van der Waals surface area contributed by atoms with Gasteiger partial charge in [0.2, 0.25) is 5.91 Å². The molecular formula is C13H18N2O3S. The normalized spacial score (nSPS) is 18.5. The Morgan fingerprint density at radius 3 is 2.47 bits per heavy atom. The van der Waals surface area contributed by atoms with Gasteiger partial charge in [0.05, 0.1) is 0 Å². The summed E-state index contributed by atoms with van der Waals surface area (Å²) in [5.74, 6) is -1.05. The molecule has 1 aromatic carbocycles. The lowest BCUT2D eigenvalue weighted by Crippen LogP contribution is -2.30. The molecule has 19 heavy (non-hydrogen) atoms. The van der Waals surface area contributed by atoms with Crippen LogP contribution in [-0.4, -0.2) is 33.9 Å². The fraction of sp³-hybridized carbons (Fsp3) is 0.385. The van der Waals surface area contributed by atoms with Gasteiger partial charge in [0.1, 0.15) is 6.04 Å². The molecule has 5 nitrogen and oxygen atoms in total. The van der Waals surface area contributed by atoms with Crippen molar-refractivity contribution in [1.82, 2.24) is 4.31 Å². The summed E-state index contributed by atoms with van der Waals surface area (Å²) in [6.07, 6.45) is 1.73. The zero-order valence-electron chi connectivity index (χ0n) is 10.8. The number of carbonyl (C=O) groups is 2. The SMILES string of the molecule is CC(N)=O.O=C(O)C1CCCN1Sc1ccccc1. The fourth-order valence-corrected chi connectivity index (χ4v) is 2.81. The van der Waals surface area contributed by atoms with E-state index in [1.165, 1.54) is 6.92 Å². The second kappa shape index (κ2) is 7.81. The molecule has 1 aliphatic rings. The van der Waals surface area contributed by atoms with Crippen molar-refractivity contribution in [1.29, 1.82) is 0 Å². The average molecular weight is 282 g/mol. The van der Waals surface area contributed by atoms with Crippen molar-refractivity contribution in [2.45, 2.75) is 30.7 Å². The molecule has 0 bridgehead atoms. The molecule has 104 valence electrons. The van der Waals surface area contributed by atoms with Crippen molar-refractivity contribution in [2.24, 2.45) is 5.73 Å². The summed E-state index contributed by atoms with van der Waals surface area (Å²) in [7, 11) is 0. The minimum absolute atomic E-state index is 0.324. The molecule has 1 unspecified atom stereocenters. The van der Waals surface area contributed by atoms with Crippen LogP contribution >= 0.6 is 11.9 Å². The molecule has 0 saturated carbocycles. The molecular weight excluding hydrogens is 264 g/mol. The first-order valence-corrected chi connectivity index (χ1v) is 6.76. The van der Waals surface area contributed by atoms with Gasteiger partial charge in [-0.15, -0.1) is 0 Å². The molecule has 2 rings (SSSR count). The Bertz CT molecular complexity index is 421. The molecule has 0 radical (unpaired) electrons. The van der Waals surface area contributed by atoms with Crippen LogP contribution in [0.4, 0.5) is 0 Å². The minimum atomic E-state index is -0.712. The van der Waals surface area contributed by atoms with Gasteiger partial charge >= 0.3 is 5.97 Å². The number of carboxylic acid groups (broad SMARTS) is 1. The lowest BCUT2D eigenvalue weighted by Gasteiger charge is -2.19. The molecule has 1 saturated heterocycles. The molecule has 6 heteroatoms. The highest BCUT2D eigenvalue weighted by molar-refractivity contribution is 7.97. The molecule has 1 fully saturated rings. The number of hydrogen-bond acceptors (Lipinski definition) is 4. The number of benzene rings is 1. The minimum Gasteiger partial charge on any atom is -0.480 e. The number of amides is 1. The van der Waals surface area contributed by atoms with Crippen LogP contribution in [0, 0.1) is 0 Å². The van der Waals surface area contributed by atoms with Crippen molar-refractivity contribution < 1.29 is 14.7 Å². The van der Waals surface area contributed by atoms with E-state index in [0.717, 1.165) is 24.3 Å². The van der Waals surface area contributed by atoms with Crippen LogP contribution in [0.15, 0.2) is 35.2 Å². The van der Waals surface area contributed by atoms with E-state index < -0.39 is 5.97 Å². The Morgan fingerprint density at radius 1 is 1.37 bits per heavy atom. The van der Waals surface area contributed by atoms with Crippen LogP contribution in [0.1, 0.15) is 19.8 Å². The number of rotatable bonds is 3. The summed E-state index contributed by atoms with van der Waals surface area (Å²) in [5, 5.41) is 9.01. The summed E-state index contributed by atoms with van der Waals surface area (Å²) < 4.78 is 1.96. The summed E-state index contributed by atoms with van der Waals surface area (Å²) >= 11 is 1.54. The molecule has 1 aliphatic heterocycles. The largest absolute Gasteiger partial charge is 0.480 e. The third-order valence-corrected chi connectivity index (χ3v) is 3.61. The highest BCUT2D eigenvalue weighted by Gasteiger charge is 2.31. The zero-order chi connectivity index (χ0) is 14.3. The zero-order valence-corrected chi connectivity index (χ0v) is 11.6. The van der Waals surface area contributed by atoms with Gasteiger partial charge in [0, 0.05) is 18.4 Å². The first-order chi connectivity index (χ1) is 9.00. The molecule has 1 aromatic rings. The van der Waals surface area contributed by atoms with Gasteiger partial charge in [-0.3, -0.25) is 9.59 Å².